The van der Waals surface area contributed by atoms with Gasteiger partial charge in [0.1, 0.15) is 0 Å². The summed E-state index contributed by atoms with van der Waals surface area (Å²) >= 11 is 0. The highest BCUT2D eigenvalue weighted by atomic mass is 16.5. The lowest BCUT2D eigenvalue weighted by Crippen LogP contribution is -2.40. The van der Waals surface area contributed by atoms with Crippen LogP contribution in [0, 0.1) is 27.6 Å². The Labute approximate surface area is 681 Å². The van der Waals surface area contributed by atoms with Gasteiger partial charge in [-0.25, -0.2) is 0 Å². The predicted octanol–water partition coefficient (Wildman–Crippen LogP) is 24.6. The molecular formula is C101H150N4O7. The zero-order valence-corrected chi connectivity index (χ0v) is 74.0. The molecule has 0 aromatic rings. The van der Waals surface area contributed by atoms with Gasteiger partial charge in [-0.3, -0.25) is 28.8 Å². The van der Waals surface area contributed by atoms with Crippen LogP contribution in [0.3, 0.4) is 0 Å². The van der Waals surface area contributed by atoms with Crippen molar-refractivity contribution < 1.29 is 33.5 Å². The Morgan fingerprint density at radius 2 is 0.741 bits per heavy atom. The fourth-order valence-corrected chi connectivity index (χ4v) is 15.4. The van der Waals surface area contributed by atoms with Crippen LogP contribution in [-0.4, -0.2) is 74.6 Å². The zero-order chi connectivity index (χ0) is 83.5. The van der Waals surface area contributed by atoms with E-state index in [0.717, 1.165) is 70.3 Å². The van der Waals surface area contributed by atoms with Crippen molar-refractivity contribution in [2.24, 2.45) is 27.6 Å². The molecule has 0 saturated carbocycles. The monoisotopic (exact) mass is 1530 g/mol. The summed E-state index contributed by atoms with van der Waals surface area (Å²) in [6, 6.07) is -0.536. The van der Waals surface area contributed by atoms with Crippen LogP contribution >= 0.6 is 0 Å². The maximum absolute atomic E-state index is 13.1. The first kappa shape index (κ1) is 98.2. The van der Waals surface area contributed by atoms with E-state index in [1.807, 2.05) is 76.3 Å². The highest BCUT2D eigenvalue weighted by molar-refractivity contribution is 5.95. The summed E-state index contributed by atoms with van der Waals surface area (Å²) in [4.78, 5) is 77.4. The average Bonchev–Trinajstić information content (AvgIpc) is 0.838. The number of methoxy groups -OCH3 is 1. The molecule has 4 rings (SSSR count). The Morgan fingerprint density at radius 3 is 1.08 bits per heavy atom. The van der Waals surface area contributed by atoms with Gasteiger partial charge >= 0.3 is 0 Å². The quantitative estimate of drug-likeness (QED) is 0.0269. The van der Waals surface area contributed by atoms with E-state index in [4.69, 9.17) is 4.74 Å². The largest absolute Gasteiger partial charge is 0.383 e. The van der Waals surface area contributed by atoms with Crippen LogP contribution < -0.4 is 21.3 Å². The van der Waals surface area contributed by atoms with Crippen LogP contribution in [0.4, 0.5) is 0 Å². The van der Waals surface area contributed by atoms with E-state index < -0.39 is 12.0 Å². The Balaban J connectivity index is 0.000000580. The van der Waals surface area contributed by atoms with Gasteiger partial charge in [-0.2, -0.15) is 0 Å². The number of nitrogens with one attached hydrogen (secondary N) is 4. The third kappa shape index (κ3) is 39.6. The topological polar surface area (TPSA) is 160 Å². The molecule has 4 N–H and O–H groups in total. The first-order chi connectivity index (χ1) is 52.9. The minimum absolute atomic E-state index is 0.0735. The van der Waals surface area contributed by atoms with Gasteiger partial charge in [0.2, 0.25) is 23.6 Å². The molecule has 0 radical (unpaired) electrons. The summed E-state index contributed by atoms with van der Waals surface area (Å²) in [5, 5.41) is 11.8. The molecule has 0 aromatic heterocycles. The third-order valence-electron chi connectivity index (χ3n) is 22.2. The van der Waals surface area contributed by atoms with E-state index in [1.165, 1.54) is 122 Å². The molecule has 0 spiro atoms. The predicted molar refractivity (Wildman–Crippen MR) is 477 cm³/mol. The first-order valence-corrected chi connectivity index (χ1v) is 42.2. The molecule has 0 saturated heterocycles. The number of carbonyl (C=O) groups is 6. The summed E-state index contributed by atoms with van der Waals surface area (Å²) in [6.45, 7) is 47.5. The molecular weight excluding hydrogens is 1380 g/mol. The molecule has 2 atom stereocenters. The lowest BCUT2D eigenvalue weighted by Gasteiger charge is -2.33. The van der Waals surface area contributed by atoms with Crippen molar-refractivity contribution in [3.8, 4) is 0 Å². The van der Waals surface area contributed by atoms with Gasteiger partial charge in [0.25, 0.3) is 0 Å². The van der Waals surface area contributed by atoms with Crippen LogP contribution in [-0.2, 0) is 33.5 Å². The van der Waals surface area contributed by atoms with E-state index in [-0.39, 0.29) is 63.3 Å². The van der Waals surface area contributed by atoms with E-state index >= 15 is 0 Å². The van der Waals surface area contributed by atoms with Crippen molar-refractivity contribution in [1.82, 2.24) is 21.3 Å². The van der Waals surface area contributed by atoms with E-state index in [0.29, 0.717) is 64.8 Å². The fourth-order valence-electron chi connectivity index (χ4n) is 15.4. The van der Waals surface area contributed by atoms with Gasteiger partial charge in [-0.15, -0.1) is 0 Å². The molecule has 2 unspecified atom stereocenters. The lowest BCUT2D eigenvalue weighted by atomic mass is 9.72. The number of Topliss-reactive ketones (excluding diaryl/α,β-unsaturated/α-hetero) is 1. The molecule has 0 aliphatic heterocycles. The Hall–Kier alpha value is -8.02. The van der Waals surface area contributed by atoms with Gasteiger partial charge in [0.15, 0.2) is 11.6 Å². The molecule has 0 aromatic carbocycles. The summed E-state index contributed by atoms with van der Waals surface area (Å²) in [5.74, 6) is -1.14. The number of allylic oxidation sites excluding steroid dienone is 37. The third-order valence-corrected chi connectivity index (χ3v) is 22.2. The summed E-state index contributed by atoms with van der Waals surface area (Å²) in [7, 11) is 1.59. The van der Waals surface area contributed by atoms with Gasteiger partial charge in [0.05, 0.1) is 12.6 Å². The van der Waals surface area contributed by atoms with E-state index in [2.05, 4.69) is 212 Å². The second-order valence-electron chi connectivity index (χ2n) is 34.9. The second-order valence-corrected chi connectivity index (χ2v) is 34.9. The van der Waals surface area contributed by atoms with Crippen molar-refractivity contribution in [3.63, 3.8) is 0 Å². The number of ether oxygens (including phenoxy) is 1. The number of amides is 4. The molecule has 4 aliphatic carbocycles. The fraction of sp³-hybridized carbons (Fsp3) is 0.545. The van der Waals surface area contributed by atoms with Gasteiger partial charge < -0.3 is 26.0 Å². The second kappa shape index (κ2) is 51.7. The van der Waals surface area contributed by atoms with Crippen molar-refractivity contribution in [2.45, 2.75) is 299 Å². The van der Waals surface area contributed by atoms with Gasteiger partial charge in [0, 0.05) is 63.7 Å². The Morgan fingerprint density at radius 1 is 0.402 bits per heavy atom. The van der Waals surface area contributed by atoms with Crippen LogP contribution in [0.5, 0.6) is 0 Å². The number of ketones is 2. The number of hydrogen-bond donors (Lipinski definition) is 4. The van der Waals surface area contributed by atoms with Crippen molar-refractivity contribution in [2.75, 3.05) is 33.4 Å². The molecule has 0 fully saturated rings. The number of unbranched alkanes of at least 4 members (excludes halogenated alkanes) is 4. The molecule has 0 bridgehead atoms. The smallest absolute Gasteiger partial charge is 0.244 e. The van der Waals surface area contributed by atoms with Crippen molar-refractivity contribution >= 4 is 35.2 Å². The summed E-state index contributed by atoms with van der Waals surface area (Å²) in [6.07, 6.45) is 70.1. The molecule has 112 heavy (non-hydrogen) atoms. The number of carbonyl (C=O) groups excluding carboxylic acids is 6. The molecule has 11 heteroatoms. The SMILES string of the molecule is CCCCCC(=O)C(CCCCNC(=O)/C=C(C)/C=C/C=C(C)/C=C/C1=C(C)CCCC1(C)C)NC(=O)/C=C(C)/C=C/C=C(C)/C=C/C1=C(C)CCCC1(C)C.COCCNC(=O)C(CCCCNC(=O)/C=C(C)/C=C/C=C(C)/C=C/C1=C(C)CCCC1(C)C)CC(=O)/C=C(C)/C=C/C=C(C)/C=C/C1=C(C)CCCC1(C)C. The van der Waals surface area contributed by atoms with Crippen LogP contribution in [0.2, 0.25) is 0 Å². The molecule has 0 heterocycles. The molecule has 11 nitrogen and oxygen atoms in total. The Kier molecular flexibility index (Phi) is 45.3. The van der Waals surface area contributed by atoms with Crippen LogP contribution in [0.1, 0.15) is 293 Å². The standard InChI is InChI=1S/C51H76N2O3.C50H74N2O4/c1-12-13-14-28-47(54)46(53-49(56)37-41(5)24-18-22-39(3)30-32-45-43(7)26-20-34-51(45,10)11)27-15-16-35-52-48(55)36-40(4)23-17-21-38(2)29-31-44-42(6)25-19-33-50(44,8)9;1-37(25-27-45-41(5)22-16-29-49(45,7)8)18-14-20-39(3)34-44(53)36-43(48(55)52-32-33-56-11)24-12-13-31-51-47(54)35-40(4)21-15-19-38(2)26-28-46-42(6)23-17-30-50(46,9)10/h17-18,21-24,29-32,36-37,46H,12-16,19-20,25-28,33-35H2,1-11H3,(H,52,55)(H,53,56);14-15,18-21,25-28,34-35,43H,12-13,16-17,22-24,29-33,36H2,1-11H3,(H,51,54)(H,52,55)/b23-17+,24-18+,31-29+,32-30+,38-21+,39-22+,40-36+,41-37+;20-14+,21-15+,27-25+,28-26+,37-18+,38-19+,39-34+,40-35+. The van der Waals surface area contributed by atoms with Crippen molar-refractivity contribution in [1.29, 1.82) is 0 Å². The van der Waals surface area contributed by atoms with Gasteiger partial charge in [-0.05, 0) is 271 Å². The van der Waals surface area contributed by atoms with Crippen LogP contribution in [0.25, 0.3) is 0 Å². The summed E-state index contributed by atoms with van der Waals surface area (Å²) in [5.41, 5.74) is 20.6. The van der Waals surface area contributed by atoms with E-state index in [1.54, 1.807) is 31.4 Å². The number of hydrogen-bond acceptors (Lipinski definition) is 7. The maximum Gasteiger partial charge on any atom is 0.244 e. The minimum atomic E-state index is -0.536. The zero-order valence-electron chi connectivity index (χ0n) is 74.0. The molecule has 4 aliphatic rings. The lowest BCUT2D eigenvalue weighted by molar-refractivity contribution is -0.128. The minimum Gasteiger partial charge on any atom is -0.383 e. The van der Waals surface area contributed by atoms with Crippen molar-refractivity contribution in [3.05, 3.63) is 235 Å². The highest BCUT2D eigenvalue weighted by Gasteiger charge is 2.30. The van der Waals surface area contributed by atoms with Crippen LogP contribution in [0.15, 0.2) is 235 Å². The summed E-state index contributed by atoms with van der Waals surface area (Å²) < 4.78 is 5.09. The maximum atomic E-state index is 13.1. The van der Waals surface area contributed by atoms with Gasteiger partial charge in [-0.1, -0.05) is 248 Å². The number of rotatable bonds is 42. The molecule has 616 valence electrons. The first-order valence-electron chi connectivity index (χ1n) is 42.2. The Bertz CT molecular complexity index is 3570. The molecule has 4 amide bonds. The average molecular weight is 1530 g/mol. The van der Waals surface area contributed by atoms with E-state index in [9.17, 15) is 28.8 Å². The normalized spacial score (nSPS) is 19.2. The highest BCUT2D eigenvalue weighted by Crippen LogP contribution is 2.44.